The fourth-order valence-corrected chi connectivity index (χ4v) is 10.0. The summed E-state index contributed by atoms with van der Waals surface area (Å²) >= 11 is 0. The molecule has 7 unspecified atom stereocenters. The first-order chi connectivity index (χ1) is 20.4. The first-order valence-electron chi connectivity index (χ1n) is 16.8. The molecule has 7 atom stereocenters. The Balaban J connectivity index is 1.21. The zero-order valence-electron chi connectivity index (χ0n) is 25.4. The predicted molar refractivity (Wildman–Crippen MR) is 158 cm³/mol. The van der Waals surface area contributed by atoms with Gasteiger partial charge in [-0.25, -0.2) is 4.79 Å². The van der Waals surface area contributed by atoms with Crippen LogP contribution < -0.4 is 0 Å². The van der Waals surface area contributed by atoms with Gasteiger partial charge in [0.05, 0.1) is 19.8 Å². The van der Waals surface area contributed by atoms with E-state index in [1.165, 1.54) is 52.1 Å². The van der Waals surface area contributed by atoms with Crippen LogP contribution in [0.5, 0.6) is 0 Å². The van der Waals surface area contributed by atoms with E-state index in [1.54, 1.807) is 0 Å². The van der Waals surface area contributed by atoms with Crippen molar-refractivity contribution in [1.82, 2.24) is 4.90 Å². The van der Waals surface area contributed by atoms with Crippen LogP contribution in [0.25, 0.3) is 0 Å². The third-order valence-electron chi connectivity index (χ3n) is 12.1. The lowest BCUT2D eigenvalue weighted by Crippen LogP contribution is -2.58. The van der Waals surface area contributed by atoms with Crippen molar-refractivity contribution in [3.63, 3.8) is 0 Å². The van der Waals surface area contributed by atoms with E-state index in [2.05, 4.69) is 30.1 Å². The molecule has 4 fully saturated rings. The van der Waals surface area contributed by atoms with Gasteiger partial charge in [-0.1, -0.05) is 64.0 Å². The van der Waals surface area contributed by atoms with E-state index in [0.717, 1.165) is 56.7 Å². The summed E-state index contributed by atoms with van der Waals surface area (Å²) in [6.07, 6.45) is 22.4. The highest BCUT2D eigenvalue weighted by atomic mass is 16.6. The molecule has 4 aliphatic heterocycles. The van der Waals surface area contributed by atoms with Crippen LogP contribution in [0.3, 0.4) is 0 Å². The van der Waals surface area contributed by atoms with Crippen molar-refractivity contribution in [2.24, 2.45) is 35.0 Å². The summed E-state index contributed by atoms with van der Waals surface area (Å²) in [6, 6.07) is 0.384. The van der Waals surface area contributed by atoms with E-state index in [-0.39, 0.29) is 52.7 Å². The molecule has 7 nitrogen and oxygen atoms in total. The van der Waals surface area contributed by atoms with E-state index < -0.39 is 12.6 Å². The largest absolute Gasteiger partial charge is 0.492 e. The molecular weight excluding hydrogens is 530 g/mol. The van der Waals surface area contributed by atoms with Crippen molar-refractivity contribution in [3.05, 3.63) is 46.8 Å². The Morgan fingerprint density at radius 2 is 1.86 bits per heavy atom. The molecule has 42 heavy (non-hydrogen) atoms. The summed E-state index contributed by atoms with van der Waals surface area (Å²) in [7, 11) is 1.50. The molecule has 0 amide bonds. The van der Waals surface area contributed by atoms with Gasteiger partial charge in [-0.15, -0.1) is 0 Å². The molecule has 0 aromatic heterocycles. The average Bonchev–Trinajstić information content (AvgIpc) is 3.79. The molecule has 0 aromatic carbocycles. The van der Waals surface area contributed by atoms with Crippen LogP contribution in [0.4, 0.5) is 0 Å². The molecule has 3 aliphatic carbocycles. The van der Waals surface area contributed by atoms with Crippen LogP contribution >= 0.6 is 0 Å². The van der Waals surface area contributed by atoms with Crippen LogP contribution in [-0.4, -0.2) is 59.5 Å². The van der Waals surface area contributed by atoms with Crippen LogP contribution in [0.15, 0.2) is 46.8 Å². The molecule has 0 bridgehead atoms. The molecule has 230 valence electrons. The van der Waals surface area contributed by atoms with Gasteiger partial charge in [0.2, 0.25) is 5.76 Å². The zero-order chi connectivity index (χ0) is 29.0. The van der Waals surface area contributed by atoms with Crippen molar-refractivity contribution < 1.29 is 29.2 Å². The number of fused-ring (bicyclic) bond motifs is 3. The van der Waals surface area contributed by atoms with Crippen molar-refractivity contribution in [1.29, 1.82) is 0 Å². The number of methoxy groups -OCH3 is 1. The number of cyclic esters (lactones) is 1. The SMILES string of the molecule is COC1=C(CO)C(=O)OC1=C1OC2=CC3(CCCC3)CN3C(C(O)C4C=CCC(C5CCCC5)C4)CCCC3C2C1C. The number of carbonyl (C=O) groups excluding carboxylic acids is 1. The van der Waals surface area contributed by atoms with E-state index in [4.69, 9.17) is 14.2 Å². The molecule has 2 saturated carbocycles. The van der Waals surface area contributed by atoms with Gasteiger partial charge in [0.15, 0.2) is 11.5 Å². The second-order valence-corrected chi connectivity index (χ2v) is 14.4. The minimum Gasteiger partial charge on any atom is -0.492 e. The van der Waals surface area contributed by atoms with Crippen LogP contribution in [-0.2, 0) is 19.0 Å². The summed E-state index contributed by atoms with van der Waals surface area (Å²) in [5.74, 6) is 3.53. The maximum absolute atomic E-state index is 12.6. The minimum absolute atomic E-state index is 0.0245. The minimum atomic E-state index is -0.570. The number of ether oxygens (including phenoxy) is 3. The Bertz CT molecular complexity index is 1190. The second kappa shape index (κ2) is 11.4. The molecular formula is C35H49NO6. The number of hydrogen-bond acceptors (Lipinski definition) is 7. The number of esters is 1. The van der Waals surface area contributed by atoms with E-state index >= 15 is 0 Å². The van der Waals surface area contributed by atoms with Gasteiger partial charge in [0.25, 0.3) is 0 Å². The van der Waals surface area contributed by atoms with Crippen molar-refractivity contribution in [3.8, 4) is 0 Å². The molecule has 7 rings (SSSR count). The third-order valence-corrected chi connectivity index (χ3v) is 12.1. The van der Waals surface area contributed by atoms with Crippen molar-refractivity contribution >= 4 is 5.97 Å². The number of hydrogen-bond donors (Lipinski definition) is 2. The fourth-order valence-electron chi connectivity index (χ4n) is 10.0. The normalized spacial score (nSPS) is 39.1. The molecule has 2 N–H and O–H groups in total. The standard InChI is InChI=1S/C35H49NO6/c1-21-29-26-13-8-14-27(30(38)24-12-7-11-23(17-24)22-9-3-4-10-22)36(26)20-35(15-5-6-16-35)18-28(29)41-31(21)33-32(40-2)25(19-37)34(39)42-33/h7,12,18,21-24,26-27,29-30,37-38H,3-6,8-11,13-17,19-20H2,1-2H3. The smallest absolute Gasteiger partial charge is 0.345 e. The summed E-state index contributed by atoms with van der Waals surface area (Å²) in [6.45, 7) is 2.72. The molecule has 0 radical (unpaired) electrons. The first-order valence-corrected chi connectivity index (χ1v) is 16.8. The quantitative estimate of drug-likeness (QED) is 0.317. The monoisotopic (exact) mass is 579 g/mol. The number of piperidine rings is 1. The highest BCUT2D eigenvalue weighted by Gasteiger charge is 2.54. The molecule has 1 spiro atoms. The zero-order valence-corrected chi connectivity index (χ0v) is 25.4. The lowest BCUT2D eigenvalue weighted by atomic mass is 9.73. The Morgan fingerprint density at radius 1 is 1.07 bits per heavy atom. The lowest BCUT2D eigenvalue weighted by Gasteiger charge is -2.49. The second-order valence-electron chi connectivity index (χ2n) is 14.4. The number of carbonyl (C=O) groups is 1. The van der Waals surface area contributed by atoms with Gasteiger partial charge < -0.3 is 24.4 Å². The fraction of sp³-hybridized carbons (Fsp3) is 0.743. The number of rotatable bonds is 5. The summed E-state index contributed by atoms with van der Waals surface area (Å²) in [5, 5.41) is 22.0. The topological polar surface area (TPSA) is 88.5 Å². The van der Waals surface area contributed by atoms with Gasteiger partial charge in [-0.3, -0.25) is 4.90 Å². The lowest BCUT2D eigenvalue weighted by molar-refractivity contribution is -0.133. The molecule has 7 aliphatic rings. The maximum Gasteiger partial charge on any atom is 0.345 e. The summed E-state index contributed by atoms with van der Waals surface area (Å²) < 4.78 is 17.9. The Labute approximate surface area is 250 Å². The summed E-state index contributed by atoms with van der Waals surface area (Å²) in [5.41, 5.74) is 0.178. The van der Waals surface area contributed by atoms with E-state index in [1.807, 2.05) is 0 Å². The van der Waals surface area contributed by atoms with Crippen molar-refractivity contribution in [2.75, 3.05) is 20.3 Å². The molecule has 7 heteroatoms. The molecule has 2 saturated heterocycles. The number of aliphatic hydroxyl groups excluding tert-OH is 2. The predicted octanol–water partition coefficient (Wildman–Crippen LogP) is 5.74. The number of nitrogens with zero attached hydrogens (tertiary/aromatic N) is 1. The number of allylic oxidation sites excluding steroid dienone is 2. The van der Waals surface area contributed by atoms with Gasteiger partial charge >= 0.3 is 5.97 Å². The molecule has 4 heterocycles. The Hall–Kier alpha value is -2.09. The van der Waals surface area contributed by atoms with E-state index in [9.17, 15) is 15.0 Å². The third kappa shape index (κ3) is 4.78. The Kier molecular flexibility index (Phi) is 7.81. The summed E-state index contributed by atoms with van der Waals surface area (Å²) in [4.78, 5) is 15.3. The highest BCUT2D eigenvalue weighted by Crippen LogP contribution is 2.54. The average molecular weight is 580 g/mol. The maximum atomic E-state index is 12.6. The van der Waals surface area contributed by atoms with Gasteiger partial charge in [0.1, 0.15) is 11.3 Å². The molecule has 0 aromatic rings. The van der Waals surface area contributed by atoms with Gasteiger partial charge in [0, 0.05) is 41.8 Å². The highest BCUT2D eigenvalue weighted by molar-refractivity contribution is 5.94. The van der Waals surface area contributed by atoms with Gasteiger partial charge in [-0.2, -0.15) is 0 Å². The van der Waals surface area contributed by atoms with Crippen LogP contribution in [0, 0.1) is 35.0 Å². The van der Waals surface area contributed by atoms with Gasteiger partial charge in [-0.05, 0) is 56.4 Å². The van der Waals surface area contributed by atoms with Crippen LogP contribution in [0.1, 0.15) is 90.4 Å². The number of aliphatic hydroxyl groups is 2. The first kappa shape index (κ1) is 28.7. The van der Waals surface area contributed by atoms with Crippen molar-refractivity contribution in [2.45, 2.75) is 109 Å². The Morgan fingerprint density at radius 3 is 2.60 bits per heavy atom. The van der Waals surface area contributed by atoms with Crippen LogP contribution in [0.2, 0.25) is 0 Å². The van der Waals surface area contributed by atoms with E-state index in [0.29, 0.717) is 17.4 Å².